The summed E-state index contributed by atoms with van der Waals surface area (Å²) in [5.41, 5.74) is 2.09. The summed E-state index contributed by atoms with van der Waals surface area (Å²) in [7, 11) is 0. The van der Waals surface area contributed by atoms with E-state index in [4.69, 9.17) is 9.26 Å². The van der Waals surface area contributed by atoms with Crippen molar-refractivity contribution in [2.24, 2.45) is 0 Å². The molecule has 2 aromatic rings. The van der Waals surface area contributed by atoms with Gasteiger partial charge in [0.15, 0.2) is 0 Å². The van der Waals surface area contributed by atoms with Crippen molar-refractivity contribution in [3.8, 4) is 0 Å². The Labute approximate surface area is 128 Å². The zero-order valence-corrected chi connectivity index (χ0v) is 12.8. The van der Waals surface area contributed by atoms with Gasteiger partial charge in [-0.2, -0.15) is 0 Å². The van der Waals surface area contributed by atoms with Gasteiger partial charge in [-0.15, -0.1) is 0 Å². The third-order valence-corrected chi connectivity index (χ3v) is 3.13. The first-order chi connectivity index (χ1) is 10.6. The normalized spacial score (nSPS) is 10.3. The van der Waals surface area contributed by atoms with E-state index in [2.05, 4.69) is 5.16 Å². The molecule has 0 saturated carbocycles. The lowest BCUT2D eigenvalue weighted by Crippen LogP contribution is -2.38. The summed E-state index contributed by atoms with van der Waals surface area (Å²) < 4.78 is 10.0. The van der Waals surface area contributed by atoms with Gasteiger partial charge < -0.3 is 9.26 Å². The van der Waals surface area contributed by atoms with Crippen molar-refractivity contribution in [3.63, 3.8) is 0 Å². The van der Waals surface area contributed by atoms with Gasteiger partial charge in [-0.25, -0.2) is 9.69 Å². The molecule has 0 radical (unpaired) electrons. The number of hydrogen-bond donors (Lipinski definition) is 0. The van der Waals surface area contributed by atoms with Gasteiger partial charge in [0, 0.05) is 6.07 Å². The molecular weight excluding hydrogens is 284 g/mol. The smallest absolute Gasteiger partial charge is 0.421 e. The van der Waals surface area contributed by atoms with Crippen LogP contribution in [0.4, 0.5) is 10.5 Å². The molecule has 6 heteroatoms. The lowest BCUT2D eigenvalue weighted by molar-refractivity contribution is 0.0929. The van der Waals surface area contributed by atoms with Gasteiger partial charge in [0.05, 0.1) is 18.5 Å². The summed E-state index contributed by atoms with van der Waals surface area (Å²) in [6, 6.07) is 6.94. The van der Waals surface area contributed by atoms with Crippen LogP contribution in [0, 0.1) is 13.8 Å². The average molecular weight is 302 g/mol. The van der Waals surface area contributed by atoms with Crippen LogP contribution in [0.15, 0.2) is 35.0 Å². The van der Waals surface area contributed by atoms with Crippen LogP contribution in [0.25, 0.3) is 0 Å². The van der Waals surface area contributed by atoms with Gasteiger partial charge in [-0.05, 0) is 31.4 Å². The van der Waals surface area contributed by atoms with E-state index in [-0.39, 0.29) is 12.4 Å². The van der Waals surface area contributed by atoms with E-state index >= 15 is 0 Å². The Hall–Kier alpha value is -2.63. The van der Waals surface area contributed by atoms with Crippen molar-refractivity contribution in [2.75, 3.05) is 11.5 Å². The molecule has 0 unspecified atom stereocenters. The Balaban J connectivity index is 2.46. The van der Waals surface area contributed by atoms with Crippen molar-refractivity contribution in [1.82, 2.24) is 5.16 Å². The molecule has 0 saturated heterocycles. The van der Waals surface area contributed by atoms with Gasteiger partial charge in [-0.3, -0.25) is 4.79 Å². The molecule has 1 aromatic carbocycles. The molecule has 1 aromatic heterocycles. The summed E-state index contributed by atoms with van der Waals surface area (Å²) in [5.74, 6) is -0.618. The lowest BCUT2D eigenvalue weighted by Gasteiger charge is -2.22. The Morgan fingerprint density at radius 3 is 2.45 bits per heavy atom. The van der Waals surface area contributed by atoms with Crippen molar-refractivity contribution in [2.45, 2.75) is 27.2 Å². The van der Waals surface area contributed by atoms with Crippen LogP contribution in [0.2, 0.25) is 0 Å². The quantitative estimate of drug-likeness (QED) is 0.864. The van der Waals surface area contributed by atoms with Crippen LogP contribution in [0.3, 0.4) is 0 Å². The molecule has 0 atom stereocenters. The van der Waals surface area contributed by atoms with E-state index in [9.17, 15) is 9.59 Å². The van der Waals surface area contributed by atoms with E-state index in [1.165, 1.54) is 12.3 Å². The molecule has 2 amide bonds. The second-order valence-electron chi connectivity index (χ2n) is 4.87. The molecule has 0 bridgehead atoms. The van der Waals surface area contributed by atoms with Crippen molar-refractivity contribution >= 4 is 17.7 Å². The third kappa shape index (κ3) is 3.16. The number of aromatic nitrogens is 1. The number of benzene rings is 1. The highest BCUT2D eigenvalue weighted by atomic mass is 16.6. The molecule has 0 aliphatic carbocycles. The monoisotopic (exact) mass is 302 g/mol. The summed E-state index contributed by atoms with van der Waals surface area (Å²) in [4.78, 5) is 26.0. The summed E-state index contributed by atoms with van der Waals surface area (Å²) in [6.07, 6.45) is 1.30. The molecule has 0 aliphatic heterocycles. The molecule has 0 spiro atoms. The predicted octanol–water partition coefficient (Wildman–Crippen LogP) is 3.48. The second kappa shape index (κ2) is 6.89. The van der Waals surface area contributed by atoms with Crippen molar-refractivity contribution in [1.29, 1.82) is 0 Å². The molecule has 22 heavy (non-hydrogen) atoms. The molecule has 2 rings (SSSR count). The summed E-state index contributed by atoms with van der Waals surface area (Å²) in [6.45, 7) is 5.78. The Bertz CT molecular complexity index is 645. The maximum atomic E-state index is 12.6. The molecule has 6 nitrogen and oxygen atoms in total. The fourth-order valence-electron chi connectivity index (χ4n) is 2.12. The van der Waals surface area contributed by atoms with Crippen LogP contribution >= 0.6 is 0 Å². The second-order valence-corrected chi connectivity index (χ2v) is 4.87. The minimum Gasteiger partial charge on any atom is -0.449 e. The van der Waals surface area contributed by atoms with E-state index in [0.717, 1.165) is 16.0 Å². The molecular formula is C16H18N2O4. The van der Waals surface area contributed by atoms with Gasteiger partial charge in [0.2, 0.25) is 5.76 Å². The van der Waals surface area contributed by atoms with E-state index in [0.29, 0.717) is 12.1 Å². The molecule has 116 valence electrons. The number of carbonyl (C=O) groups excluding carboxylic acids is 2. The number of imide groups is 1. The van der Waals surface area contributed by atoms with Crippen LogP contribution < -0.4 is 4.90 Å². The SMILES string of the molecule is CCCOC(=O)N(C(=O)c1ccno1)c1c(C)cccc1C. The number of aryl methyl sites for hydroxylation is 2. The number of amides is 2. The first-order valence-corrected chi connectivity index (χ1v) is 7.04. The summed E-state index contributed by atoms with van der Waals surface area (Å²) in [5, 5.41) is 3.51. The highest BCUT2D eigenvalue weighted by Crippen LogP contribution is 2.27. The highest BCUT2D eigenvalue weighted by Gasteiger charge is 2.30. The predicted molar refractivity (Wildman–Crippen MR) is 80.9 cm³/mol. The Morgan fingerprint density at radius 1 is 1.23 bits per heavy atom. The zero-order chi connectivity index (χ0) is 16.1. The molecule has 0 aliphatic rings. The third-order valence-electron chi connectivity index (χ3n) is 3.13. The minimum atomic E-state index is -0.722. The first-order valence-electron chi connectivity index (χ1n) is 7.04. The summed E-state index contributed by atoms with van der Waals surface area (Å²) >= 11 is 0. The topological polar surface area (TPSA) is 72.6 Å². The van der Waals surface area contributed by atoms with Crippen LogP contribution in [-0.2, 0) is 4.74 Å². The lowest BCUT2D eigenvalue weighted by atomic mass is 10.1. The van der Waals surface area contributed by atoms with E-state index < -0.39 is 12.0 Å². The largest absolute Gasteiger partial charge is 0.449 e. The van der Waals surface area contributed by atoms with E-state index in [1.54, 1.807) is 0 Å². The van der Waals surface area contributed by atoms with Crippen molar-refractivity contribution in [3.05, 3.63) is 47.3 Å². The maximum Gasteiger partial charge on any atom is 0.421 e. The fourth-order valence-corrected chi connectivity index (χ4v) is 2.12. The van der Waals surface area contributed by atoms with Gasteiger partial charge in [-0.1, -0.05) is 30.3 Å². The molecule has 0 fully saturated rings. The standard InChI is InChI=1S/C16H18N2O4/c1-4-10-21-16(20)18(15(19)13-8-9-17-22-13)14-11(2)6-5-7-12(14)3/h5-9H,4,10H2,1-3H3. The number of anilines is 1. The van der Waals surface area contributed by atoms with Crippen LogP contribution in [0.1, 0.15) is 35.0 Å². The number of para-hydroxylation sites is 1. The number of rotatable bonds is 4. The van der Waals surface area contributed by atoms with Crippen LogP contribution in [0.5, 0.6) is 0 Å². The number of nitrogens with zero attached hydrogens (tertiary/aromatic N) is 2. The Kier molecular flexibility index (Phi) is 4.93. The number of ether oxygens (including phenoxy) is 1. The van der Waals surface area contributed by atoms with E-state index in [1.807, 2.05) is 39.0 Å². The average Bonchev–Trinajstić information content (AvgIpc) is 3.02. The Morgan fingerprint density at radius 2 is 1.91 bits per heavy atom. The minimum absolute atomic E-state index is 0.0175. The van der Waals surface area contributed by atoms with Gasteiger partial charge in [0.25, 0.3) is 0 Å². The van der Waals surface area contributed by atoms with Gasteiger partial charge in [0.1, 0.15) is 0 Å². The first kappa shape index (κ1) is 15.8. The zero-order valence-electron chi connectivity index (χ0n) is 12.8. The molecule has 1 heterocycles. The fraction of sp³-hybridized carbons (Fsp3) is 0.312. The van der Waals surface area contributed by atoms with Gasteiger partial charge >= 0.3 is 12.0 Å². The maximum absolute atomic E-state index is 12.6. The number of hydrogen-bond acceptors (Lipinski definition) is 5. The number of carbonyl (C=O) groups is 2. The van der Waals surface area contributed by atoms with Crippen molar-refractivity contribution < 1.29 is 18.8 Å². The van der Waals surface area contributed by atoms with Crippen LogP contribution in [-0.4, -0.2) is 23.8 Å². The highest BCUT2D eigenvalue weighted by molar-refractivity contribution is 6.18. The molecule has 0 N–H and O–H groups in total.